The van der Waals surface area contributed by atoms with Crippen molar-refractivity contribution in [2.75, 3.05) is 5.73 Å². The van der Waals surface area contributed by atoms with E-state index in [2.05, 4.69) is 14.9 Å². The highest BCUT2D eigenvalue weighted by molar-refractivity contribution is 5.09. The summed E-state index contributed by atoms with van der Waals surface area (Å²) in [6.07, 6.45) is -4.95. The van der Waals surface area contributed by atoms with Crippen molar-refractivity contribution in [2.24, 2.45) is 0 Å². The fraction of sp³-hybridized carbons (Fsp3) is 0.714. The molecule has 15 heavy (non-hydrogen) atoms. The van der Waals surface area contributed by atoms with Crippen LogP contribution in [-0.2, 0) is 4.74 Å². The highest BCUT2D eigenvalue weighted by atomic mass is 19.4. The van der Waals surface area contributed by atoms with Crippen LogP contribution in [0.25, 0.3) is 0 Å². The molecule has 2 N–H and O–H groups in total. The second-order valence-electron chi connectivity index (χ2n) is 3.33. The smallest absolute Gasteiger partial charge is 0.408 e. The summed E-state index contributed by atoms with van der Waals surface area (Å²) in [6.45, 7) is 0. The summed E-state index contributed by atoms with van der Waals surface area (Å²) >= 11 is 0. The summed E-state index contributed by atoms with van der Waals surface area (Å²) in [7, 11) is 0. The van der Waals surface area contributed by atoms with Crippen molar-refractivity contribution in [1.82, 2.24) is 10.2 Å². The van der Waals surface area contributed by atoms with Crippen LogP contribution in [0, 0.1) is 0 Å². The van der Waals surface area contributed by atoms with Gasteiger partial charge in [-0.3, -0.25) is 4.74 Å². The first kappa shape index (κ1) is 10.2. The van der Waals surface area contributed by atoms with Crippen LogP contribution in [0.1, 0.15) is 24.7 Å². The Bertz CT molecular complexity index is 345. The average Bonchev–Trinajstić information content (AvgIpc) is 2.41. The number of alkyl halides is 3. The summed E-state index contributed by atoms with van der Waals surface area (Å²) in [4.78, 5) is 0. The van der Waals surface area contributed by atoms with E-state index in [0.717, 1.165) is 0 Å². The lowest BCUT2D eigenvalue weighted by Crippen LogP contribution is -2.34. The van der Waals surface area contributed by atoms with Crippen molar-refractivity contribution in [1.29, 1.82) is 0 Å². The normalized spacial score (nSPS) is 26.3. The fourth-order valence-electron chi connectivity index (χ4n) is 1.46. The average molecular weight is 223 g/mol. The minimum absolute atomic E-state index is 0.0785. The molecule has 0 radical (unpaired) electrons. The highest BCUT2D eigenvalue weighted by Gasteiger charge is 2.42. The molecular formula is C7H8F3N3O2. The van der Waals surface area contributed by atoms with Crippen molar-refractivity contribution < 1.29 is 22.3 Å². The van der Waals surface area contributed by atoms with E-state index in [9.17, 15) is 13.2 Å². The van der Waals surface area contributed by atoms with Crippen LogP contribution in [0.2, 0.25) is 0 Å². The Kier molecular flexibility index (Phi) is 2.29. The van der Waals surface area contributed by atoms with E-state index in [4.69, 9.17) is 10.2 Å². The fourth-order valence-corrected chi connectivity index (χ4v) is 1.46. The van der Waals surface area contributed by atoms with Gasteiger partial charge in [0.05, 0.1) is 6.10 Å². The van der Waals surface area contributed by atoms with Crippen molar-refractivity contribution in [3.63, 3.8) is 0 Å². The number of nitrogen functional groups attached to an aromatic ring is 1. The van der Waals surface area contributed by atoms with E-state index in [1.165, 1.54) is 0 Å². The number of rotatable bonds is 2. The van der Waals surface area contributed by atoms with Crippen LogP contribution in [0.5, 0.6) is 0 Å². The van der Waals surface area contributed by atoms with Gasteiger partial charge in [-0.15, -0.1) is 18.3 Å². The third kappa shape index (κ3) is 2.38. The van der Waals surface area contributed by atoms with E-state index >= 15 is 0 Å². The number of aromatic nitrogens is 2. The van der Waals surface area contributed by atoms with Crippen LogP contribution >= 0.6 is 0 Å². The predicted molar refractivity (Wildman–Crippen MR) is 41.6 cm³/mol. The number of halogens is 3. The largest absolute Gasteiger partial charge is 0.522 e. The third-order valence-corrected chi connectivity index (χ3v) is 2.20. The lowest BCUT2D eigenvalue weighted by atomic mass is 9.82. The number of ether oxygens (including phenoxy) is 1. The minimum atomic E-state index is -4.58. The Morgan fingerprint density at radius 3 is 2.47 bits per heavy atom. The molecule has 5 nitrogen and oxygen atoms in total. The maximum absolute atomic E-state index is 11.8. The Morgan fingerprint density at radius 2 is 2.00 bits per heavy atom. The molecule has 1 fully saturated rings. The van der Waals surface area contributed by atoms with Gasteiger partial charge in [0, 0.05) is 5.92 Å². The van der Waals surface area contributed by atoms with Gasteiger partial charge >= 0.3 is 12.4 Å². The SMILES string of the molecule is Nc1nnc(C2CC(OC(F)(F)F)C2)o1. The van der Waals surface area contributed by atoms with Gasteiger partial charge in [-0.05, 0) is 12.8 Å². The lowest BCUT2D eigenvalue weighted by Gasteiger charge is -2.32. The van der Waals surface area contributed by atoms with Crippen molar-refractivity contribution in [2.45, 2.75) is 31.2 Å². The van der Waals surface area contributed by atoms with Gasteiger partial charge in [0.25, 0.3) is 0 Å². The van der Waals surface area contributed by atoms with E-state index < -0.39 is 12.5 Å². The van der Waals surface area contributed by atoms with Gasteiger partial charge in [0.15, 0.2) is 0 Å². The quantitative estimate of drug-likeness (QED) is 0.820. The zero-order chi connectivity index (χ0) is 11.1. The maximum atomic E-state index is 11.8. The summed E-state index contributed by atoms with van der Waals surface area (Å²) in [5, 5.41) is 7.01. The molecule has 0 aliphatic heterocycles. The molecule has 1 aromatic rings. The Morgan fingerprint density at radius 1 is 1.33 bits per heavy atom. The van der Waals surface area contributed by atoms with Crippen LogP contribution in [-0.4, -0.2) is 22.7 Å². The Hall–Kier alpha value is -1.31. The Labute approximate surface area is 82.4 Å². The van der Waals surface area contributed by atoms with E-state index in [0.29, 0.717) is 0 Å². The van der Waals surface area contributed by atoms with Crippen molar-refractivity contribution >= 4 is 6.01 Å². The highest BCUT2D eigenvalue weighted by Crippen LogP contribution is 2.40. The number of hydrogen-bond donors (Lipinski definition) is 1. The van der Waals surface area contributed by atoms with Crippen LogP contribution < -0.4 is 5.73 Å². The predicted octanol–water partition coefficient (Wildman–Crippen LogP) is 1.43. The molecule has 84 valence electrons. The molecule has 0 bridgehead atoms. The standard InChI is InChI=1S/C7H8F3N3O2/c8-7(9,10)15-4-1-3(2-4)5-12-13-6(11)14-5/h3-4H,1-2H2,(H2,11,13). The van der Waals surface area contributed by atoms with Crippen LogP contribution in [0.15, 0.2) is 4.42 Å². The van der Waals surface area contributed by atoms with E-state index in [1.807, 2.05) is 0 Å². The molecule has 1 aromatic heterocycles. The number of nitrogens with zero attached hydrogens (tertiary/aromatic N) is 2. The lowest BCUT2D eigenvalue weighted by molar-refractivity contribution is -0.352. The van der Waals surface area contributed by atoms with Gasteiger partial charge in [-0.2, -0.15) is 0 Å². The number of nitrogens with two attached hydrogens (primary N) is 1. The summed E-state index contributed by atoms with van der Waals surface area (Å²) in [5.74, 6) is 0.0941. The van der Waals surface area contributed by atoms with Gasteiger partial charge in [-0.1, -0.05) is 5.10 Å². The molecule has 8 heteroatoms. The molecule has 0 aromatic carbocycles. The molecule has 1 saturated carbocycles. The van der Waals surface area contributed by atoms with Crippen molar-refractivity contribution in [3.05, 3.63) is 5.89 Å². The third-order valence-electron chi connectivity index (χ3n) is 2.20. The summed E-state index contributed by atoms with van der Waals surface area (Å²) < 4.78 is 44.0. The maximum Gasteiger partial charge on any atom is 0.522 e. The number of hydrogen-bond acceptors (Lipinski definition) is 5. The minimum Gasteiger partial charge on any atom is -0.408 e. The molecule has 0 saturated heterocycles. The molecule has 0 spiro atoms. The number of anilines is 1. The summed E-state index contributed by atoms with van der Waals surface area (Å²) in [5.41, 5.74) is 5.18. The van der Waals surface area contributed by atoms with Crippen LogP contribution in [0.3, 0.4) is 0 Å². The van der Waals surface area contributed by atoms with Gasteiger partial charge < -0.3 is 10.2 Å². The molecular weight excluding hydrogens is 215 g/mol. The molecule has 0 atom stereocenters. The van der Waals surface area contributed by atoms with Crippen molar-refractivity contribution in [3.8, 4) is 0 Å². The zero-order valence-corrected chi connectivity index (χ0v) is 7.49. The first-order valence-corrected chi connectivity index (χ1v) is 4.27. The topological polar surface area (TPSA) is 74.2 Å². The zero-order valence-electron chi connectivity index (χ0n) is 7.49. The molecule has 1 heterocycles. The monoisotopic (exact) mass is 223 g/mol. The Balaban J connectivity index is 1.84. The molecule has 2 rings (SSSR count). The molecule has 1 aliphatic rings. The van der Waals surface area contributed by atoms with Gasteiger partial charge in [-0.25, -0.2) is 0 Å². The van der Waals surface area contributed by atoms with Gasteiger partial charge in [0.2, 0.25) is 5.89 Å². The molecule has 1 aliphatic carbocycles. The second-order valence-corrected chi connectivity index (χ2v) is 3.33. The first-order chi connectivity index (χ1) is 6.94. The second kappa shape index (κ2) is 3.37. The van der Waals surface area contributed by atoms with E-state index in [1.54, 1.807) is 0 Å². The van der Waals surface area contributed by atoms with Crippen LogP contribution in [0.4, 0.5) is 19.2 Å². The van der Waals surface area contributed by atoms with E-state index in [-0.39, 0.29) is 30.7 Å². The summed E-state index contributed by atoms with van der Waals surface area (Å²) in [6, 6.07) is -0.0785. The first-order valence-electron chi connectivity index (χ1n) is 4.27. The molecule has 0 amide bonds. The molecule has 0 unspecified atom stereocenters. The van der Waals surface area contributed by atoms with Gasteiger partial charge in [0.1, 0.15) is 0 Å².